The highest BCUT2D eigenvalue weighted by Crippen LogP contribution is 2.25. The molecule has 0 spiro atoms. The number of nitro groups is 1. The van der Waals surface area contributed by atoms with Gasteiger partial charge in [0.05, 0.1) is 22.7 Å². The maximum atomic E-state index is 12.4. The van der Waals surface area contributed by atoms with Crippen LogP contribution >= 0.6 is 11.6 Å². The minimum absolute atomic E-state index is 0.00272. The van der Waals surface area contributed by atoms with Gasteiger partial charge in [-0.05, 0) is 31.2 Å². The topological polar surface area (TPSA) is 78.7 Å². The molecule has 0 aliphatic carbocycles. The zero-order valence-corrected chi connectivity index (χ0v) is 15.8. The van der Waals surface area contributed by atoms with Crippen molar-refractivity contribution in [3.63, 3.8) is 0 Å². The number of halogens is 1. The molecule has 1 aliphatic heterocycles. The summed E-state index contributed by atoms with van der Waals surface area (Å²) in [6, 6.07) is 12.4. The lowest BCUT2D eigenvalue weighted by Gasteiger charge is -2.35. The third kappa shape index (κ3) is 4.75. The van der Waals surface area contributed by atoms with Gasteiger partial charge in [-0.3, -0.25) is 19.8 Å². The fourth-order valence-electron chi connectivity index (χ4n) is 3.19. The summed E-state index contributed by atoms with van der Waals surface area (Å²) in [5.74, 6) is -0.171. The van der Waals surface area contributed by atoms with Crippen LogP contribution in [0.25, 0.3) is 0 Å². The summed E-state index contributed by atoms with van der Waals surface area (Å²) >= 11 is 6.05. The van der Waals surface area contributed by atoms with Crippen LogP contribution in [0.4, 0.5) is 17.1 Å². The second-order valence-corrected chi connectivity index (χ2v) is 6.93. The molecule has 1 heterocycles. The largest absolute Gasteiger partial charge is 0.369 e. The van der Waals surface area contributed by atoms with Gasteiger partial charge >= 0.3 is 0 Å². The Morgan fingerprint density at radius 1 is 1.19 bits per heavy atom. The van der Waals surface area contributed by atoms with E-state index in [-0.39, 0.29) is 18.1 Å². The summed E-state index contributed by atoms with van der Waals surface area (Å²) in [6.07, 6.45) is 0. The van der Waals surface area contributed by atoms with Crippen molar-refractivity contribution >= 4 is 34.6 Å². The van der Waals surface area contributed by atoms with Gasteiger partial charge in [0.1, 0.15) is 0 Å². The lowest BCUT2D eigenvalue weighted by Crippen LogP contribution is -2.48. The SMILES string of the molecule is Cc1c(NC(=O)CN2CCN(c3cccc(Cl)c3)CC2)cccc1[N+](=O)[O-]. The molecular formula is C19H21ClN4O3. The second-order valence-electron chi connectivity index (χ2n) is 6.50. The number of carbonyl (C=O) groups excluding carboxylic acids is 1. The van der Waals surface area contributed by atoms with Gasteiger partial charge in [-0.2, -0.15) is 0 Å². The van der Waals surface area contributed by atoms with Crippen LogP contribution in [0.15, 0.2) is 42.5 Å². The van der Waals surface area contributed by atoms with E-state index < -0.39 is 4.92 Å². The Morgan fingerprint density at radius 2 is 1.89 bits per heavy atom. The van der Waals surface area contributed by atoms with Crippen LogP contribution < -0.4 is 10.2 Å². The fraction of sp³-hybridized carbons (Fsp3) is 0.316. The maximum absolute atomic E-state index is 12.4. The Morgan fingerprint density at radius 3 is 2.56 bits per heavy atom. The Kier molecular flexibility index (Phi) is 5.93. The van der Waals surface area contributed by atoms with Crippen LogP contribution in [0.3, 0.4) is 0 Å². The smallest absolute Gasteiger partial charge is 0.274 e. The lowest BCUT2D eigenvalue weighted by atomic mass is 10.1. The van der Waals surface area contributed by atoms with Crippen LogP contribution in [-0.2, 0) is 4.79 Å². The number of carbonyl (C=O) groups is 1. The number of nitrogens with one attached hydrogen (secondary N) is 1. The number of piperazine rings is 1. The number of benzene rings is 2. The summed E-state index contributed by atoms with van der Waals surface area (Å²) in [5, 5.41) is 14.5. The normalized spacial score (nSPS) is 14.8. The van der Waals surface area contributed by atoms with Gasteiger partial charge in [-0.1, -0.05) is 23.7 Å². The number of rotatable bonds is 5. The molecule has 0 bridgehead atoms. The molecule has 1 fully saturated rings. The van der Waals surface area contributed by atoms with Gasteiger partial charge in [-0.25, -0.2) is 0 Å². The van der Waals surface area contributed by atoms with E-state index in [2.05, 4.69) is 15.1 Å². The summed E-state index contributed by atoms with van der Waals surface area (Å²) in [4.78, 5) is 27.2. The van der Waals surface area contributed by atoms with Gasteiger partial charge in [0, 0.05) is 43.0 Å². The van der Waals surface area contributed by atoms with Crippen LogP contribution in [0, 0.1) is 17.0 Å². The van der Waals surface area contributed by atoms with E-state index in [0.717, 1.165) is 31.9 Å². The first-order valence-electron chi connectivity index (χ1n) is 8.71. The first-order chi connectivity index (χ1) is 12.9. The summed E-state index contributed by atoms with van der Waals surface area (Å²) in [7, 11) is 0. The number of nitrogens with zero attached hydrogens (tertiary/aromatic N) is 3. The highest BCUT2D eigenvalue weighted by molar-refractivity contribution is 6.30. The van der Waals surface area contributed by atoms with Gasteiger partial charge in [0.25, 0.3) is 5.69 Å². The summed E-state index contributed by atoms with van der Waals surface area (Å²) in [6.45, 7) is 5.03. The number of anilines is 2. The van der Waals surface area contributed by atoms with Crippen molar-refractivity contribution in [2.45, 2.75) is 6.92 Å². The van der Waals surface area contributed by atoms with Crippen molar-refractivity contribution in [1.29, 1.82) is 0 Å². The molecule has 1 aliphatic rings. The molecule has 0 atom stereocenters. The van der Waals surface area contributed by atoms with Crippen LogP contribution in [-0.4, -0.2) is 48.5 Å². The highest BCUT2D eigenvalue weighted by Gasteiger charge is 2.20. The molecule has 27 heavy (non-hydrogen) atoms. The fourth-order valence-corrected chi connectivity index (χ4v) is 3.37. The number of hydrogen-bond acceptors (Lipinski definition) is 5. The van der Waals surface area contributed by atoms with E-state index >= 15 is 0 Å². The molecule has 142 valence electrons. The van der Waals surface area contributed by atoms with E-state index in [1.165, 1.54) is 6.07 Å². The van der Waals surface area contributed by atoms with E-state index in [0.29, 0.717) is 16.3 Å². The van der Waals surface area contributed by atoms with Crippen molar-refractivity contribution in [3.05, 3.63) is 63.2 Å². The Balaban J connectivity index is 1.54. The maximum Gasteiger partial charge on any atom is 0.274 e. The molecule has 2 aromatic rings. The third-order valence-corrected chi connectivity index (χ3v) is 4.92. The van der Waals surface area contributed by atoms with Crippen LogP contribution in [0.1, 0.15) is 5.56 Å². The first kappa shape index (κ1) is 19.1. The quantitative estimate of drug-likeness (QED) is 0.628. The average molecular weight is 389 g/mol. The van der Waals surface area contributed by atoms with Gasteiger partial charge in [0.15, 0.2) is 0 Å². The third-order valence-electron chi connectivity index (χ3n) is 4.69. The Bertz CT molecular complexity index is 851. The predicted octanol–water partition coefficient (Wildman–Crippen LogP) is 3.32. The van der Waals surface area contributed by atoms with Crippen molar-refractivity contribution in [2.24, 2.45) is 0 Å². The van der Waals surface area contributed by atoms with Crippen molar-refractivity contribution in [3.8, 4) is 0 Å². The molecule has 0 radical (unpaired) electrons. The van der Waals surface area contributed by atoms with Gasteiger partial charge in [0.2, 0.25) is 5.91 Å². The number of hydrogen-bond donors (Lipinski definition) is 1. The second kappa shape index (κ2) is 8.37. The van der Waals surface area contributed by atoms with E-state index in [1.807, 2.05) is 24.3 Å². The van der Waals surface area contributed by atoms with Crippen LogP contribution in [0.5, 0.6) is 0 Å². The zero-order chi connectivity index (χ0) is 19.4. The molecule has 8 heteroatoms. The minimum Gasteiger partial charge on any atom is -0.369 e. The molecule has 0 saturated carbocycles. The van der Waals surface area contributed by atoms with E-state index in [9.17, 15) is 14.9 Å². The Hall–Kier alpha value is -2.64. The number of amides is 1. The highest BCUT2D eigenvalue weighted by atomic mass is 35.5. The molecule has 7 nitrogen and oxygen atoms in total. The summed E-state index contributed by atoms with van der Waals surface area (Å²) < 4.78 is 0. The monoisotopic (exact) mass is 388 g/mol. The van der Waals surface area contributed by atoms with E-state index in [1.54, 1.807) is 19.1 Å². The van der Waals surface area contributed by atoms with Gasteiger partial charge in [-0.15, -0.1) is 0 Å². The Labute approximate surface area is 162 Å². The molecule has 2 aromatic carbocycles. The van der Waals surface area contributed by atoms with Crippen molar-refractivity contribution in [1.82, 2.24) is 4.90 Å². The van der Waals surface area contributed by atoms with Gasteiger partial charge < -0.3 is 10.2 Å². The summed E-state index contributed by atoms with van der Waals surface area (Å²) in [5.41, 5.74) is 2.02. The predicted molar refractivity (Wildman–Crippen MR) is 107 cm³/mol. The molecule has 3 rings (SSSR count). The van der Waals surface area contributed by atoms with Crippen molar-refractivity contribution in [2.75, 3.05) is 42.9 Å². The minimum atomic E-state index is -0.444. The molecule has 1 saturated heterocycles. The molecular weight excluding hydrogens is 368 g/mol. The zero-order valence-electron chi connectivity index (χ0n) is 15.0. The van der Waals surface area contributed by atoms with E-state index in [4.69, 9.17) is 11.6 Å². The van der Waals surface area contributed by atoms with Crippen molar-refractivity contribution < 1.29 is 9.72 Å². The molecule has 1 amide bonds. The molecule has 0 unspecified atom stereocenters. The first-order valence-corrected chi connectivity index (χ1v) is 9.08. The molecule has 0 aromatic heterocycles. The standard InChI is InChI=1S/C19H21ClN4O3/c1-14-17(6-3-7-18(14)24(26)27)21-19(25)13-22-8-10-23(11-9-22)16-5-2-4-15(20)12-16/h2-7,12H,8-11,13H2,1H3,(H,21,25). The van der Waals surface area contributed by atoms with Crippen LogP contribution in [0.2, 0.25) is 5.02 Å². The average Bonchev–Trinajstić information content (AvgIpc) is 2.64. The molecule has 1 N–H and O–H groups in total. The number of nitro benzene ring substituents is 1. The lowest BCUT2D eigenvalue weighted by molar-refractivity contribution is -0.385.